The number of amides is 1. The Kier molecular flexibility index (Phi) is 7.16. The first-order chi connectivity index (χ1) is 13.2. The van der Waals surface area contributed by atoms with Crippen molar-refractivity contribution in [2.75, 3.05) is 13.2 Å². The Balaban J connectivity index is 1.24. The Morgan fingerprint density at radius 3 is 2.70 bits per heavy atom. The van der Waals surface area contributed by atoms with Crippen LogP contribution >= 0.6 is 11.3 Å². The fourth-order valence-electron chi connectivity index (χ4n) is 2.69. The second-order valence-corrected chi connectivity index (χ2v) is 7.40. The van der Waals surface area contributed by atoms with Crippen molar-refractivity contribution in [2.24, 2.45) is 0 Å². The van der Waals surface area contributed by atoms with Crippen LogP contribution in [0.15, 0.2) is 48.5 Å². The number of halogens is 1. The minimum Gasteiger partial charge on any atom is -0.494 e. The highest BCUT2D eigenvalue weighted by Gasteiger charge is 2.05. The lowest BCUT2D eigenvalue weighted by atomic mass is 10.2. The van der Waals surface area contributed by atoms with Crippen LogP contribution in [0, 0.1) is 5.82 Å². The normalized spacial score (nSPS) is 10.9. The highest BCUT2D eigenvalue weighted by molar-refractivity contribution is 7.18. The third-order valence-electron chi connectivity index (χ3n) is 4.11. The van der Waals surface area contributed by atoms with Crippen LogP contribution in [0.5, 0.6) is 5.75 Å². The molecule has 6 heteroatoms. The largest absolute Gasteiger partial charge is 0.494 e. The summed E-state index contributed by atoms with van der Waals surface area (Å²) in [6, 6.07) is 14.1. The number of nitrogens with zero attached hydrogens (tertiary/aromatic N) is 1. The number of nitrogens with one attached hydrogen (secondary N) is 1. The molecule has 1 heterocycles. The van der Waals surface area contributed by atoms with Crippen LogP contribution in [0.3, 0.4) is 0 Å². The van der Waals surface area contributed by atoms with Gasteiger partial charge in [0.25, 0.3) is 0 Å². The summed E-state index contributed by atoms with van der Waals surface area (Å²) < 4.78 is 19.5. The molecule has 0 aliphatic rings. The number of aryl methyl sites for hydroxylation is 1. The molecule has 0 spiro atoms. The van der Waals surface area contributed by atoms with Crippen molar-refractivity contribution in [3.05, 3.63) is 59.4 Å². The number of carbonyl (C=O) groups excluding carboxylic acids is 1. The van der Waals surface area contributed by atoms with E-state index in [-0.39, 0.29) is 11.7 Å². The monoisotopic (exact) mass is 386 g/mol. The summed E-state index contributed by atoms with van der Waals surface area (Å²) in [5.41, 5.74) is 1.03. The number of hydrogen-bond acceptors (Lipinski definition) is 4. The number of para-hydroxylation sites is 1. The Labute approximate surface area is 162 Å². The van der Waals surface area contributed by atoms with Gasteiger partial charge in [-0.2, -0.15) is 0 Å². The van der Waals surface area contributed by atoms with Gasteiger partial charge >= 0.3 is 0 Å². The first-order valence-electron chi connectivity index (χ1n) is 9.20. The van der Waals surface area contributed by atoms with Gasteiger partial charge in [-0.15, -0.1) is 11.3 Å². The van der Waals surface area contributed by atoms with E-state index in [9.17, 15) is 9.18 Å². The van der Waals surface area contributed by atoms with E-state index in [0.29, 0.717) is 25.3 Å². The van der Waals surface area contributed by atoms with Crippen molar-refractivity contribution >= 4 is 27.5 Å². The van der Waals surface area contributed by atoms with Crippen LogP contribution in [0.25, 0.3) is 10.2 Å². The van der Waals surface area contributed by atoms with Gasteiger partial charge in [0.05, 0.1) is 21.8 Å². The summed E-state index contributed by atoms with van der Waals surface area (Å²) in [4.78, 5) is 16.5. The zero-order chi connectivity index (χ0) is 18.9. The molecular formula is C21H23FN2O2S. The van der Waals surface area contributed by atoms with E-state index in [4.69, 9.17) is 4.74 Å². The number of rotatable bonds is 10. The zero-order valence-electron chi connectivity index (χ0n) is 15.1. The number of unbranched alkanes of at least 4 members (excludes halogenated alkanes) is 1. The van der Waals surface area contributed by atoms with Crippen LogP contribution in [-0.2, 0) is 11.2 Å². The van der Waals surface area contributed by atoms with Gasteiger partial charge in [-0.25, -0.2) is 9.37 Å². The maximum Gasteiger partial charge on any atom is 0.220 e. The van der Waals surface area contributed by atoms with E-state index >= 15 is 0 Å². The van der Waals surface area contributed by atoms with Gasteiger partial charge in [0.15, 0.2) is 0 Å². The zero-order valence-corrected chi connectivity index (χ0v) is 15.9. The molecule has 0 aliphatic heterocycles. The van der Waals surface area contributed by atoms with Gasteiger partial charge in [0.1, 0.15) is 11.6 Å². The molecule has 142 valence electrons. The number of carbonyl (C=O) groups is 1. The number of ether oxygens (including phenoxy) is 1. The topological polar surface area (TPSA) is 51.2 Å². The van der Waals surface area contributed by atoms with Crippen LogP contribution in [0.1, 0.15) is 30.7 Å². The van der Waals surface area contributed by atoms with Gasteiger partial charge in [-0.05, 0) is 62.1 Å². The fraction of sp³-hybridized carbons (Fsp3) is 0.333. The minimum atomic E-state index is -0.270. The lowest BCUT2D eigenvalue weighted by Crippen LogP contribution is -2.24. The summed E-state index contributed by atoms with van der Waals surface area (Å²) in [5.74, 6) is 0.471. The Bertz CT molecular complexity index is 831. The molecular weight excluding hydrogens is 363 g/mol. The van der Waals surface area contributed by atoms with Gasteiger partial charge in [-0.1, -0.05) is 12.1 Å². The SMILES string of the molecule is O=C(CCCc1nc2ccccc2s1)NCCCCOc1ccc(F)cc1. The number of benzene rings is 2. The molecule has 3 aromatic rings. The van der Waals surface area contributed by atoms with Gasteiger partial charge in [0, 0.05) is 13.0 Å². The Hall–Kier alpha value is -2.47. The van der Waals surface area contributed by atoms with Crippen molar-refractivity contribution in [1.82, 2.24) is 10.3 Å². The van der Waals surface area contributed by atoms with E-state index in [2.05, 4.69) is 16.4 Å². The summed E-state index contributed by atoms with van der Waals surface area (Å²) in [6.45, 7) is 1.20. The second-order valence-electron chi connectivity index (χ2n) is 6.29. The molecule has 0 radical (unpaired) electrons. The molecule has 27 heavy (non-hydrogen) atoms. The molecule has 0 aliphatic carbocycles. The highest BCUT2D eigenvalue weighted by Crippen LogP contribution is 2.22. The molecule has 0 fully saturated rings. The summed E-state index contributed by atoms with van der Waals surface area (Å²) in [6.07, 6.45) is 3.84. The molecule has 1 aromatic heterocycles. The van der Waals surface area contributed by atoms with E-state index < -0.39 is 0 Å². The molecule has 0 atom stereocenters. The average Bonchev–Trinajstić information content (AvgIpc) is 3.09. The van der Waals surface area contributed by atoms with Crippen LogP contribution in [0.2, 0.25) is 0 Å². The second kappa shape index (κ2) is 10.0. The van der Waals surface area contributed by atoms with E-state index in [1.165, 1.54) is 16.8 Å². The molecule has 1 amide bonds. The molecule has 0 bridgehead atoms. The van der Waals surface area contributed by atoms with Crippen LogP contribution < -0.4 is 10.1 Å². The predicted molar refractivity (Wildman–Crippen MR) is 107 cm³/mol. The number of fused-ring (bicyclic) bond motifs is 1. The van der Waals surface area contributed by atoms with Crippen molar-refractivity contribution in [2.45, 2.75) is 32.1 Å². The quantitative estimate of drug-likeness (QED) is 0.512. The lowest BCUT2D eigenvalue weighted by molar-refractivity contribution is -0.121. The maximum atomic E-state index is 12.8. The van der Waals surface area contributed by atoms with E-state index in [0.717, 1.165) is 36.2 Å². The molecule has 0 saturated carbocycles. The summed E-state index contributed by atoms with van der Waals surface area (Å²) in [7, 11) is 0. The van der Waals surface area contributed by atoms with Crippen LogP contribution in [0.4, 0.5) is 4.39 Å². The van der Waals surface area contributed by atoms with Gasteiger partial charge in [0.2, 0.25) is 5.91 Å². The highest BCUT2D eigenvalue weighted by atomic mass is 32.1. The molecule has 0 unspecified atom stereocenters. The number of hydrogen-bond donors (Lipinski definition) is 1. The van der Waals surface area contributed by atoms with Crippen molar-refractivity contribution in [3.63, 3.8) is 0 Å². The molecule has 0 saturated heterocycles. The van der Waals surface area contributed by atoms with Gasteiger partial charge < -0.3 is 10.1 Å². The van der Waals surface area contributed by atoms with Crippen molar-refractivity contribution in [1.29, 1.82) is 0 Å². The molecule has 4 nitrogen and oxygen atoms in total. The third-order valence-corrected chi connectivity index (χ3v) is 5.20. The minimum absolute atomic E-state index is 0.0792. The number of thiazole rings is 1. The standard InChI is InChI=1S/C21H23FN2O2S/c22-16-10-12-17(13-11-16)26-15-4-3-14-23-20(25)8-5-9-21-24-18-6-1-2-7-19(18)27-21/h1-2,6-7,10-13H,3-5,8-9,14-15H2,(H,23,25). The first-order valence-corrected chi connectivity index (χ1v) is 10.0. The van der Waals surface area contributed by atoms with Crippen LogP contribution in [-0.4, -0.2) is 24.0 Å². The fourth-order valence-corrected chi connectivity index (χ4v) is 3.70. The molecule has 3 rings (SSSR count). The Morgan fingerprint density at radius 1 is 1.07 bits per heavy atom. The van der Waals surface area contributed by atoms with Crippen molar-refractivity contribution in [3.8, 4) is 5.75 Å². The third kappa shape index (κ3) is 6.32. The maximum absolute atomic E-state index is 12.8. The summed E-state index contributed by atoms with van der Waals surface area (Å²) >= 11 is 1.70. The Morgan fingerprint density at radius 2 is 1.89 bits per heavy atom. The lowest BCUT2D eigenvalue weighted by Gasteiger charge is -2.07. The molecule has 1 N–H and O–H groups in total. The van der Waals surface area contributed by atoms with E-state index in [1.807, 2.05) is 18.2 Å². The smallest absolute Gasteiger partial charge is 0.220 e. The van der Waals surface area contributed by atoms with Gasteiger partial charge in [-0.3, -0.25) is 4.79 Å². The number of aromatic nitrogens is 1. The predicted octanol–water partition coefficient (Wildman–Crippen LogP) is 4.73. The van der Waals surface area contributed by atoms with E-state index in [1.54, 1.807) is 23.5 Å². The average molecular weight is 386 g/mol. The van der Waals surface area contributed by atoms with Crippen molar-refractivity contribution < 1.29 is 13.9 Å². The first kappa shape index (κ1) is 19.3. The summed E-state index contributed by atoms with van der Waals surface area (Å²) in [5, 5.41) is 4.03. The molecule has 2 aromatic carbocycles.